The van der Waals surface area contributed by atoms with E-state index in [2.05, 4.69) is 5.32 Å². The summed E-state index contributed by atoms with van der Waals surface area (Å²) >= 11 is 0. The molecule has 2 amide bonds. The molecule has 3 atom stereocenters. The Morgan fingerprint density at radius 3 is 2.80 bits per heavy atom. The molecule has 0 spiro atoms. The number of nitrogens with one attached hydrogen (secondary N) is 1. The number of aryl methyl sites for hydroxylation is 1. The Balaban J connectivity index is 1.54. The highest BCUT2D eigenvalue weighted by atomic mass is 16.3. The SMILES string of the molecule is O=C1CCc2cc(C(=O)N3CCC[C@@H]3[C@H]3CCCC[C@@H]3O)ccc2N1. The summed E-state index contributed by atoms with van der Waals surface area (Å²) in [6, 6.07) is 5.77. The number of aliphatic hydroxyl groups excluding tert-OH is 1. The van der Waals surface area contributed by atoms with Gasteiger partial charge in [-0.3, -0.25) is 9.59 Å². The lowest BCUT2D eigenvalue weighted by Crippen LogP contribution is -2.45. The summed E-state index contributed by atoms with van der Waals surface area (Å²) in [7, 11) is 0. The molecule has 0 unspecified atom stereocenters. The third-order valence-electron chi connectivity index (χ3n) is 6.08. The molecule has 1 saturated carbocycles. The lowest BCUT2D eigenvalue weighted by Gasteiger charge is -2.37. The van der Waals surface area contributed by atoms with Gasteiger partial charge >= 0.3 is 0 Å². The van der Waals surface area contributed by atoms with E-state index in [4.69, 9.17) is 0 Å². The van der Waals surface area contributed by atoms with Crippen LogP contribution in [-0.2, 0) is 11.2 Å². The Labute approximate surface area is 148 Å². The van der Waals surface area contributed by atoms with Gasteiger partial charge in [-0.15, -0.1) is 0 Å². The van der Waals surface area contributed by atoms with Crippen LogP contribution in [0.5, 0.6) is 0 Å². The van der Waals surface area contributed by atoms with E-state index in [1.54, 1.807) is 0 Å². The number of carbonyl (C=O) groups is 2. The lowest BCUT2D eigenvalue weighted by molar-refractivity contribution is -0.116. The normalized spacial score (nSPS) is 29.2. The highest BCUT2D eigenvalue weighted by molar-refractivity contribution is 5.98. The van der Waals surface area contributed by atoms with Crippen molar-refractivity contribution in [2.45, 2.75) is 63.5 Å². The zero-order chi connectivity index (χ0) is 17.4. The van der Waals surface area contributed by atoms with Crippen molar-refractivity contribution in [3.63, 3.8) is 0 Å². The Bertz CT molecular complexity index is 688. The van der Waals surface area contributed by atoms with Crippen LogP contribution in [0.25, 0.3) is 0 Å². The van der Waals surface area contributed by atoms with Gasteiger partial charge in [-0.05, 0) is 55.9 Å². The first kappa shape index (κ1) is 16.6. The van der Waals surface area contributed by atoms with Gasteiger partial charge in [-0.1, -0.05) is 12.8 Å². The summed E-state index contributed by atoms with van der Waals surface area (Å²) in [5.74, 6) is 0.328. The van der Waals surface area contributed by atoms with E-state index in [1.807, 2.05) is 23.1 Å². The number of fused-ring (bicyclic) bond motifs is 1. The summed E-state index contributed by atoms with van der Waals surface area (Å²) < 4.78 is 0. The van der Waals surface area contributed by atoms with Gasteiger partial charge in [0.05, 0.1) is 6.10 Å². The van der Waals surface area contributed by atoms with Crippen molar-refractivity contribution in [1.82, 2.24) is 4.90 Å². The zero-order valence-corrected chi connectivity index (χ0v) is 14.5. The number of anilines is 1. The maximum absolute atomic E-state index is 13.1. The van der Waals surface area contributed by atoms with Crippen molar-refractivity contribution >= 4 is 17.5 Å². The second kappa shape index (κ2) is 6.79. The van der Waals surface area contributed by atoms with E-state index < -0.39 is 0 Å². The van der Waals surface area contributed by atoms with E-state index in [1.165, 1.54) is 0 Å². The van der Waals surface area contributed by atoms with Crippen LogP contribution < -0.4 is 5.32 Å². The van der Waals surface area contributed by atoms with Crippen LogP contribution in [0.1, 0.15) is 60.9 Å². The lowest BCUT2D eigenvalue weighted by atomic mass is 9.80. The second-order valence-electron chi connectivity index (χ2n) is 7.64. The molecule has 1 aliphatic carbocycles. The van der Waals surface area contributed by atoms with Crippen LogP contribution in [0.4, 0.5) is 5.69 Å². The van der Waals surface area contributed by atoms with E-state index in [-0.39, 0.29) is 29.9 Å². The Kier molecular flexibility index (Phi) is 4.50. The third-order valence-corrected chi connectivity index (χ3v) is 6.08. The van der Waals surface area contributed by atoms with Gasteiger partial charge in [0, 0.05) is 36.2 Å². The van der Waals surface area contributed by atoms with Gasteiger partial charge < -0.3 is 15.3 Å². The van der Waals surface area contributed by atoms with Gasteiger partial charge in [0.1, 0.15) is 0 Å². The van der Waals surface area contributed by atoms with Gasteiger partial charge in [-0.25, -0.2) is 0 Å². The standard InChI is InChI=1S/C20H26N2O3/c23-18-6-2-1-4-15(18)17-5-3-11-22(17)20(25)14-7-9-16-13(12-14)8-10-19(24)21-16/h7,9,12,15,17-18,23H,1-6,8,10-11H2,(H,21,24)/t15-,17-,18+/m1/s1. The summed E-state index contributed by atoms with van der Waals surface area (Å²) in [5.41, 5.74) is 2.57. The fourth-order valence-electron chi connectivity index (χ4n) is 4.76. The van der Waals surface area contributed by atoms with E-state index in [0.717, 1.165) is 56.3 Å². The summed E-state index contributed by atoms with van der Waals surface area (Å²) in [5, 5.41) is 13.3. The summed E-state index contributed by atoms with van der Waals surface area (Å²) in [4.78, 5) is 26.6. The fraction of sp³-hybridized carbons (Fsp3) is 0.600. The molecule has 2 fully saturated rings. The molecule has 3 aliphatic rings. The molecule has 0 bridgehead atoms. The molecule has 1 aromatic carbocycles. The van der Waals surface area contributed by atoms with Crippen molar-refractivity contribution in [2.24, 2.45) is 5.92 Å². The minimum Gasteiger partial charge on any atom is -0.393 e. The number of aliphatic hydroxyl groups is 1. The first-order chi connectivity index (χ1) is 12.1. The molecule has 2 N–H and O–H groups in total. The quantitative estimate of drug-likeness (QED) is 0.868. The van der Waals surface area contributed by atoms with Gasteiger partial charge in [-0.2, -0.15) is 0 Å². The highest BCUT2D eigenvalue weighted by Gasteiger charge is 2.39. The Morgan fingerprint density at radius 2 is 1.96 bits per heavy atom. The average Bonchev–Trinajstić information content (AvgIpc) is 3.10. The molecule has 0 radical (unpaired) electrons. The Hall–Kier alpha value is -1.88. The second-order valence-corrected chi connectivity index (χ2v) is 7.64. The molecule has 5 heteroatoms. The highest BCUT2D eigenvalue weighted by Crippen LogP contribution is 2.35. The average molecular weight is 342 g/mol. The Morgan fingerprint density at radius 1 is 1.12 bits per heavy atom. The van der Waals surface area contributed by atoms with Crippen molar-refractivity contribution in [3.05, 3.63) is 29.3 Å². The molecule has 1 saturated heterocycles. The summed E-state index contributed by atoms with van der Waals surface area (Å²) in [6.07, 6.45) is 7.03. The zero-order valence-electron chi connectivity index (χ0n) is 14.5. The monoisotopic (exact) mass is 342 g/mol. The van der Waals surface area contributed by atoms with E-state index in [0.29, 0.717) is 18.4 Å². The number of likely N-dealkylation sites (tertiary alicyclic amines) is 1. The van der Waals surface area contributed by atoms with Crippen LogP contribution in [-0.4, -0.2) is 40.5 Å². The smallest absolute Gasteiger partial charge is 0.254 e. The van der Waals surface area contributed by atoms with Gasteiger partial charge in [0.15, 0.2) is 0 Å². The molecule has 1 aromatic rings. The van der Waals surface area contributed by atoms with Gasteiger partial charge in [0.2, 0.25) is 5.91 Å². The molecule has 2 aliphatic heterocycles. The molecule has 2 heterocycles. The van der Waals surface area contributed by atoms with Crippen molar-refractivity contribution < 1.29 is 14.7 Å². The number of benzene rings is 1. The molecule has 5 nitrogen and oxygen atoms in total. The van der Waals surface area contributed by atoms with Crippen molar-refractivity contribution in [2.75, 3.05) is 11.9 Å². The molecule has 4 rings (SSSR count). The van der Waals surface area contributed by atoms with Crippen molar-refractivity contribution in [1.29, 1.82) is 0 Å². The number of hydrogen-bond donors (Lipinski definition) is 2. The topological polar surface area (TPSA) is 69.6 Å². The number of rotatable bonds is 2. The molecule has 0 aromatic heterocycles. The van der Waals surface area contributed by atoms with E-state index in [9.17, 15) is 14.7 Å². The first-order valence-corrected chi connectivity index (χ1v) is 9.55. The number of carbonyl (C=O) groups excluding carboxylic acids is 2. The van der Waals surface area contributed by atoms with Gasteiger partial charge in [0.25, 0.3) is 5.91 Å². The van der Waals surface area contributed by atoms with Crippen LogP contribution in [0.2, 0.25) is 0 Å². The number of hydrogen-bond acceptors (Lipinski definition) is 3. The predicted molar refractivity (Wildman–Crippen MR) is 95.4 cm³/mol. The summed E-state index contributed by atoms with van der Waals surface area (Å²) in [6.45, 7) is 0.778. The first-order valence-electron chi connectivity index (χ1n) is 9.55. The molecular formula is C20H26N2O3. The fourth-order valence-corrected chi connectivity index (χ4v) is 4.76. The minimum atomic E-state index is -0.272. The maximum Gasteiger partial charge on any atom is 0.254 e. The largest absolute Gasteiger partial charge is 0.393 e. The van der Waals surface area contributed by atoms with Crippen molar-refractivity contribution in [3.8, 4) is 0 Å². The number of amides is 2. The van der Waals surface area contributed by atoms with E-state index >= 15 is 0 Å². The van der Waals surface area contributed by atoms with Crippen LogP contribution >= 0.6 is 0 Å². The predicted octanol–water partition coefficient (Wildman–Crippen LogP) is 2.73. The number of nitrogens with zero attached hydrogens (tertiary/aromatic N) is 1. The molecule has 134 valence electrons. The van der Waals surface area contributed by atoms with Crippen LogP contribution in [0, 0.1) is 5.92 Å². The molecule has 25 heavy (non-hydrogen) atoms. The maximum atomic E-state index is 13.1. The third kappa shape index (κ3) is 3.17. The molecular weight excluding hydrogens is 316 g/mol. The minimum absolute atomic E-state index is 0.0393. The van der Waals surface area contributed by atoms with Crippen LogP contribution in [0.15, 0.2) is 18.2 Å². The van der Waals surface area contributed by atoms with Crippen LogP contribution in [0.3, 0.4) is 0 Å².